The van der Waals surface area contributed by atoms with Crippen LogP contribution in [0.15, 0.2) is 215 Å². The fourth-order valence-electron chi connectivity index (χ4n) is 19.4. The molecule has 8 heterocycles. The number of H-pyrrole nitrogens is 3. The molecule has 0 aliphatic carbocycles. The van der Waals surface area contributed by atoms with Gasteiger partial charge in [0.25, 0.3) is 0 Å². The maximum Gasteiger partial charge on any atom is 0.410 e. The molecule has 5 fully saturated rings. The number of hydrogen-bond donors (Lipinski definition) is 7. The maximum absolute atomic E-state index is 13.5. The van der Waals surface area contributed by atoms with Crippen molar-refractivity contribution in [2.45, 2.75) is 188 Å². The van der Waals surface area contributed by atoms with Gasteiger partial charge in [0, 0.05) is 134 Å². The number of aliphatic imine (C=N–C) groups is 3. The Hall–Kier alpha value is -13.5. The number of ether oxygens (including phenoxy) is 3. The molecule has 30 heteroatoms. The summed E-state index contributed by atoms with van der Waals surface area (Å²) in [6.07, 6.45) is 17.7. The zero-order valence-electron chi connectivity index (χ0n) is 84.3. The first-order chi connectivity index (χ1) is 67.4. The average molecular weight is 1990 g/mol. The lowest BCUT2D eigenvalue weighted by Crippen LogP contribution is -2.41. The number of rotatable bonds is 22. The molecule has 3 amide bonds. The molecule has 754 valence electrons. The fourth-order valence-corrected chi connectivity index (χ4v) is 21.3. The number of amidine groups is 1. The molecular formula is C113H140N17O10PS2. The second-order valence-electron chi connectivity index (χ2n) is 39.0. The number of para-hydroxylation sites is 3. The predicted octanol–water partition coefficient (Wildman–Crippen LogP) is 18.8. The van der Waals surface area contributed by atoms with Crippen LogP contribution in [0.5, 0.6) is 17.2 Å². The molecule has 9 aromatic carbocycles. The van der Waals surface area contributed by atoms with E-state index in [0.717, 1.165) is 181 Å². The van der Waals surface area contributed by atoms with Crippen LogP contribution < -0.4 is 35.9 Å². The first kappa shape index (κ1) is 110. The number of guanidine groups is 1. The number of hydrogen-bond acceptors (Lipinski definition) is 18. The van der Waals surface area contributed by atoms with Crippen molar-refractivity contribution >= 4 is 98.1 Å². The Morgan fingerprint density at radius 3 is 1.09 bits per heavy atom. The Morgan fingerprint density at radius 2 is 0.783 bits per heavy atom. The molecule has 3 unspecified atom stereocenters. The zero-order valence-corrected chi connectivity index (χ0v) is 87.4. The van der Waals surface area contributed by atoms with Gasteiger partial charge in [-0.25, -0.2) is 27.1 Å². The molecule has 5 saturated heterocycles. The van der Waals surface area contributed by atoms with Crippen molar-refractivity contribution in [3.63, 3.8) is 0 Å². The number of fused-ring (bicyclic) bond motifs is 3. The highest BCUT2D eigenvalue weighted by atomic mass is 32.2. The van der Waals surface area contributed by atoms with E-state index in [2.05, 4.69) is 205 Å². The Balaban J connectivity index is 0.000000181. The topological polar surface area (TPSA) is 378 Å². The van der Waals surface area contributed by atoms with Gasteiger partial charge in [0.2, 0.25) is 29.9 Å². The lowest BCUT2D eigenvalue weighted by molar-refractivity contribution is -0.135. The highest BCUT2D eigenvalue weighted by Gasteiger charge is 2.40. The summed E-state index contributed by atoms with van der Waals surface area (Å²) in [5.41, 5.74) is 27.6. The minimum Gasteiger partial charge on any atom is -0.425 e. The molecule has 0 bridgehead atoms. The largest absolute Gasteiger partial charge is 0.425 e. The van der Waals surface area contributed by atoms with E-state index in [1.54, 1.807) is 30.5 Å². The third-order valence-electron chi connectivity index (χ3n) is 26.8. The normalized spacial score (nSPS) is 15.4. The zero-order chi connectivity index (χ0) is 101. The smallest absolute Gasteiger partial charge is 0.410 e. The summed E-state index contributed by atoms with van der Waals surface area (Å²) < 4.78 is 62.3. The van der Waals surface area contributed by atoms with Crippen molar-refractivity contribution in [1.82, 2.24) is 50.5 Å². The number of nitriles is 3. The van der Waals surface area contributed by atoms with E-state index in [1.807, 2.05) is 126 Å². The quantitative estimate of drug-likeness (QED) is 0.0109. The van der Waals surface area contributed by atoms with Gasteiger partial charge < -0.3 is 59.8 Å². The van der Waals surface area contributed by atoms with E-state index in [1.165, 1.54) is 62.4 Å². The van der Waals surface area contributed by atoms with Crippen LogP contribution in [0.25, 0.3) is 66.5 Å². The minimum atomic E-state index is -3.17. The number of nitrogens with one attached hydrogen (secondary N) is 6. The number of sulfone groups is 2. The first-order valence-corrected chi connectivity index (χ1v) is 52.5. The highest BCUT2D eigenvalue weighted by Crippen LogP contribution is 2.41. The molecule has 0 saturated carbocycles. The predicted molar refractivity (Wildman–Crippen MR) is 581 cm³/mol. The number of nitrogens with zero attached hydrogens (tertiary/aromatic N) is 10. The van der Waals surface area contributed by atoms with E-state index in [0.29, 0.717) is 81.7 Å². The van der Waals surface area contributed by atoms with Crippen LogP contribution in [-0.4, -0.2) is 195 Å². The molecule has 0 radical (unpaired) electrons. The summed E-state index contributed by atoms with van der Waals surface area (Å²) in [5, 5.41) is 38.2. The number of aromatic nitrogens is 3. The van der Waals surface area contributed by atoms with Crippen LogP contribution in [0.2, 0.25) is 0 Å². The third kappa shape index (κ3) is 28.1. The summed E-state index contributed by atoms with van der Waals surface area (Å²) in [7, 11) is -5.94. The van der Waals surface area contributed by atoms with Gasteiger partial charge in [-0.05, 0) is 326 Å². The van der Waals surface area contributed by atoms with Crippen LogP contribution in [0.3, 0.4) is 0 Å². The van der Waals surface area contributed by atoms with Crippen molar-refractivity contribution in [3.8, 4) is 69.6 Å². The fraction of sp³-hybridized carbons (Fsp3) is 0.389. The average Bonchev–Trinajstić information content (AvgIpc) is 1.62. The number of nitrogens with two attached hydrogens (primary N) is 1. The molecule has 12 aromatic rings. The lowest BCUT2D eigenvalue weighted by atomic mass is 9.82. The van der Waals surface area contributed by atoms with Crippen LogP contribution >= 0.6 is 9.90 Å². The summed E-state index contributed by atoms with van der Waals surface area (Å²) in [4.78, 5) is 71.9. The van der Waals surface area contributed by atoms with E-state index in [-0.39, 0.29) is 52.4 Å². The summed E-state index contributed by atoms with van der Waals surface area (Å²) >= 11 is 0. The molecular weight excluding hydrogens is 1850 g/mol. The van der Waals surface area contributed by atoms with E-state index >= 15 is 0 Å². The number of aryl methyl sites for hydroxylation is 6. The Kier molecular flexibility index (Phi) is 38.0. The van der Waals surface area contributed by atoms with Gasteiger partial charge in [0.1, 0.15) is 17.2 Å². The monoisotopic (exact) mass is 1990 g/mol. The van der Waals surface area contributed by atoms with Gasteiger partial charge in [-0.15, -0.1) is 0 Å². The molecule has 5 aliphatic rings. The number of likely N-dealkylation sites (tertiary alicyclic amines) is 4. The SMILES string of the molecule is C.CS(=O)(=O)C1CCNC1.Cc1cc(C)cc(-c2[nH]c3ccc(C(C)(C)C(=O)N4CCCC4)cc3c2CCN)c1.Cc1cc(C)cc(-c2[nH]c3ccc(C(C)(C)C(=O)N4CCCC4)cc3c2CCN=C(NC#N)N2CCC(S(C)(=O)=O)C2)c1.Cc1cc(C)cc(-c2[nH]c3ccc(C(C)(C)C(=O)N4CCCC4)cc3c2CCN=C(NC#N)Oc2ccccc2)c1.N#CN=C(Oc1ccccc1)Oc1ccccc1.P. The third-order valence-corrected chi connectivity index (χ3v) is 30.0. The maximum atomic E-state index is 13.5. The Labute approximate surface area is 847 Å². The Bertz CT molecular complexity index is 6820. The number of aromatic amines is 3. The van der Waals surface area contributed by atoms with Crippen LogP contribution in [0.4, 0.5) is 0 Å². The van der Waals surface area contributed by atoms with Crippen molar-refractivity contribution in [2.24, 2.45) is 20.7 Å². The summed E-state index contributed by atoms with van der Waals surface area (Å²) in [6.45, 7) is 33.6. The molecule has 27 nitrogen and oxygen atoms in total. The molecule has 8 N–H and O–H groups in total. The van der Waals surface area contributed by atoms with Crippen molar-refractivity contribution in [1.29, 1.82) is 15.8 Å². The molecule has 5 aliphatic heterocycles. The molecule has 3 atom stereocenters. The number of benzene rings is 9. The second kappa shape index (κ2) is 49.5. The van der Waals surface area contributed by atoms with Crippen molar-refractivity contribution in [3.05, 3.63) is 267 Å². The minimum absolute atomic E-state index is 0. The molecule has 0 spiro atoms. The van der Waals surface area contributed by atoms with Gasteiger partial charge in [-0.3, -0.25) is 24.7 Å². The molecule has 143 heavy (non-hydrogen) atoms. The number of amides is 3. The standard InChI is InChI=1S/C34H37N5O2.C33H42N6O3S.C26H33N3O.C14H10N2O2.C5H11NO2S.CH4.H3P/c1-23-18-24(2)20-25(19-23)31-28(14-15-36-33(37-22-35)41-27-10-6-5-7-11-27)29-21-26(12-13-30(29)38-31)34(3,4)32(40)39-16-8-9-17-39;1-22-16-23(2)18-24(17-22)30-27(10-12-35-32(36-21-34)39-15-11-26(20-39)43(5,41)42)28-19-25(8-9-29(28)37-30)33(3,4)31(40)38-13-6-7-14-38;1-17-13-18(2)15-19(14-17)24-21(9-10-27)22-16-20(7-8-23(22)28-24)26(3,4)25(30)29-11-5-6-12-29;15-11-16-14(17-12-7-3-1-4-8-12)18-13-9-5-2-6-10-13;1-9(7,8)5-2-3-6-4-5;;/h5-7,10-13,18-21,38H,8-9,14-17H2,1-4H3,(H,36,37);8-9,16-19,26,37H,6-7,10-15,20H2,1-5H3,(H,35,36);7-8,13-16,28H,5-6,9-12,27H2,1-4H3;1-10H;5-6H,2-4H2,1H3;1H4;1H3. The summed E-state index contributed by atoms with van der Waals surface area (Å²) in [5.74, 6) is 2.68. The van der Waals surface area contributed by atoms with Gasteiger partial charge in [0.05, 0.1) is 26.7 Å². The number of carbonyl (C=O) groups is 3. The van der Waals surface area contributed by atoms with Crippen LogP contribution in [0, 0.1) is 75.9 Å². The van der Waals surface area contributed by atoms with Gasteiger partial charge in [-0.1, -0.05) is 137 Å². The molecule has 3 aromatic heterocycles. The van der Waals surface area contributed by atoms with E-state index in [9.17, 15) is 41.7 Å². The van der Waals surface area contributed by atoms with E-state index < -0.39 is 41.2 Å². The highest BCUT2D eigenvalue weighted by molar-refractivity contribution is 7.91. The van der Waals surface area contributed by atoms with Gasteiger partial charge in [0.15, 0.2) is 32.1 Å². The molecule has 17 rings (SSSR count). The first-order valence-electron chi connectivity index (χ1n) is 48.6. The van der Waals surface area contributed by atoms with Crippen molar-refractivity contribution < 1.29 is 45.4 Å². The van der Waals surface area contributed by atoms with Crippen LogP contribution in [-0.2, 0) is 69.6 Å². The van der Waals surface area contributed by atoms with E-state index in [4.69, 9.17) is 30.2 Å². The lowest BCUT2D eigenvalue weighted by Gasteiger charge is -2.29. The van der Waals surface area contributed by atoms with Crippen molar-refractivity contribution in [2.75, 3.05) is 97.6 Å². The van der Waals surface area contributed by atoms with Gasteiger partial charge in [-0.2, -0.15) is 25.7 Å². The van der Waals surface area contributed by atoms with Gasteiger partial charge >= 0.3 is 12.1 Å². The summed E-state index contributed by atoms with van der Waals surface area (Å²) in [6, 6.07) is 66.2. The Morgan fingerprint density at radius 1 is 0.441 bits per heavy atom. The second-order valence-corrected chi connectivity index (χ2v) is 43.6. The van der Waals surface area contributed by atoms with Crippen LogP contribution in [0.1, 0.15) is 167 Å². The number of carbonyl (C=O) groups excluding carboxylic acids is 3.